The molecule has 1 N–H and O–H groups in total. The first-order chi connectivity index (χ1) is 9.00. The van der Waals surface area contributed by atoms with Gasteiger partial charge in [-0.1, -0.05) is 33.1 Å². The second kappa shape index (κ2) is 8.57. The second-order valence-corrected chi connectivity index (χ2v) is 6.48. The lowest BCUT2D eigenvalue weighted by molar-refractivity contribution is -0.133. The van der Waals surface area contributed by atoms with Gasteiger partial charge in [-0.05, 0) is 32.1 Å². The molecule has 0 spiro atoms. The van der Waals surface area contributed by atoms with Crippen LogP contribution in [0.2, 0.25) is 0 Å². The number of likely N-dealkylation sites (tertiary alicyclic amines) is 1. The Hall–Kier alpha value is -0.570. The summed E-state index contributed by atoms with van der Waals surface area (Å²) in [6.07, 6.45) is 7.17. The van der Waals surface area contributed by atoms with Crippen LogP contribution in [0.5, 0.6) is 0 Å². The smallest absolute Gasteiger partial charge is 0.222 e. The first kappa shape index (κ1) is 16.5. The Kier molecular flexibility index (Phi) is 7.44. The van der Waals surface area contributed by atoms with Crippen LogP contribution < -0.4 is 0 Å². The molecule has 1 fully saturated rings. The number of aliphatic hydroxyl groups is 1. The van der Waals surface area contributed by atoms with E-state index in [-0.39, 0.29) is 17.9 Å². The van der Waals surface area contributed by atoms with Crippen LogP contribution in [0, 0.1) is 11.8 Å². The first-order valence-corrected chi connectivity index (χ1v) is 7.96. The van der Waals surface area contributed by atoms with Gasteiger partial charge in [-0.2, -0.15) is 0 Å². The van der Waals surface area contributed by atoms with Gasteiger partial charge >= 0.3 is 0 Å². The largest absolute Gasteiger partial charge is 0.393 e. The molecular weight excluding hydrogens is 238 g/mol. The minimum Gasteiger partial charge on any atom is -0.393 e. The van der Waals surface area contributed by atoms with E-state index in [9.17, 15) is 9.90 Å². The summed E-state index contributed by atoms with van der Waals surface area (Å²) in [6, 6.07) is 0. The van der Waals surface area contributed by atoms with Crippen molar-refractivity contribution in [3.05, 3.63) is 0 Å². The standard InChI is InChI=1S/C16H31NO2/c1-13(2)8-5-4-6-10-16(19)17-11-7-9-15(12-17)14(3)18/h13-15,18H,4-12H2,1-3H3. The number of carbonyl (C=O) groups excluding carboxylic acids is 1. The number of piperidine rings is 1. The summed E-state index contributed by atoms with van der Waals surface area (Å²) in [4.78, 5) is 14.1. The maximum absolute atomic E-state index is 12.1. The molecule has 3 nitrogen and oxygen atoms in total. The molecule has 0 saturated carbocycles. The predicted molar refractivity (Wildman–Crippen MR) is 78.9 cm³/mol. The Morgan fingerprint density at radius 2 is 2.00 bits per heavy atom. The number of rotatable bonds is 7. The fraction of sp³-hybridized carbons (Fsp3) is 0.938. The van der Waals surface area contributed by atoms with E-state index in [4.69, 9.17) is 0 Å². The number of nitrogens with zero attached hydrogens (tertiary/aromatic N) is 1. The van der Waals surface area contributed by atoms with Gasteiger partial charge in [-0.15, -0.1) is 0 Å². The van der Waals surface area contributed by atoms with Crippen LogP contribution in [0.1, 0.15) is 65.7 Å². The van der Waals surface area contributed by atoms with Crippen molar-refractivity contribution in [3.8, 4) is 0 Å². The van der Waals surface area contributed by atoms with Gasteiger partial charge in [-0.25, -0.2) is 0 Å². The van der Waals surface area contributed by atoms with E-state index in [1.54, 1.807) is 0 Å². The molecule has 1 heterocycles. The Morgan fingerprint density at radius 3 is 2.63 bits per heavy atom. The molecule has 0 aromatic rings. The minimum atomic E-state index is -0.290. The number of carbonyl (C=O) groups is 1. The SMILES string of the molecule is CC(C)CCCCCC(=O)N1CCCC(C(C)O)C1. The number of unbranched alkanes of at least 4 members (excludes halogenated alkanes) is 2. The van der Waals surface area contributed by atoms with Crippen molar-refractivity contribution in [1.29, 1.82) is 0 Å². The summed E-state index contributed by atoms with van der Waals surface area (Å²) < 4.78 is 0. The van der Waals surface area contributed by atoms with Crippen molar-refractivity contribution in [2.24, 2.45) is 11.8 Å². The van der Waals surface area contributed by atoms with Gasteiger partial charge in [0, 0.05) is 25.4 Å². The first-order valence-electron chi connectivity index (χ1n) is 7.96. The number of aliphatic hydroxyl groups excluding tert-OH is 1. The van der Waals surface area contributed by atoms with Crippen molar-refractivity contribution in [2.45, 2.75) is 71.8 Å². The Bertz CT molecular complexity index is 263. The third-order valence-electron chi connectivity index (χ3n) is 4.16. The molecule has 0 radical (unpaired) electrons. The molecule has 2 unspecified atom stereocenters. The monoisotopic (exact) mass is 269 g/mol. The maximum Gasteiger partial charge on any atom is 0.222 e. The van der Waals surface area contributed by atoms with Crippen LogP contribution in [0.4, 0.5) is 0 Å². The Balaban J connectivity index is 2.18. The molecule has 1 aliphatic rings. The highest BCUT2D eigenvalue weighted by Crippen LogP contribution is 2.21. The van der Waals surface area contributed by atoms with Crippen LogP contribution in [0.25, 0.3) is 0 Å². The van der Waals surface area contributed by atoms with Gasteiger partial charge in [0.05, 0.1) is 6.10 Å². The molecule has 0 bridgehead atoms. The van der Waals surface area contributed by atoms with Crippen molar-refractivity contribution in [1.82, 2.24) is 4.90 Å². The molecule has 3 heteroatoms. The summed E-state index contributed by atoms with van der Waals surface area (Å²) in [5.74, 6) is 1.33. The number of hydrogen-bond acceptors (Lipinski definition) is 2. The van der Waals surface area contributed by atoms with E-state index in [2.05, 4.69) is 13.8 Å². The summed E-state index contributed by atoms with van der Waals surface area (Å²) in [7, 11) is 0. The third kappa shape index (κ3) is 6.42. The molecule has 0 aromatic heterocycles. The molecular formula is C16H31NO2. The fourth-order valence-electron chi connectivity index (χ4n) is 2.79. The van der Waals surface area contributed by atoms with Gasteiger partial charge in [0.15, 0.2) is 0 Å². The molecule has 19 heavy (non-hydrogen) atoms. The second-order valence-electron chi connectivity index (χ2n) is 6.48. The van der Waals surface area contributed by atoms with E-state index in [1.165, 1.54) is 12.8 Å². The summed E-state index contributed by atoms with van der Waals surface area (Å²) in [5, 5.41) is 9.64. The van der Waals surface area contributed by atoms with Crippen molar-refractivity contribution in [2.75, 3.05) is 13.1 Å². The van der Waals surface area contributed by atoms with Gasteiger partial charge in [0.2, 0.25) is 5.91 Å². The van der Waals surface area contributed by atoms with Gasteiger partial charge < -0.3 is 10.0 Å². The highest BCUT2D eigenvalue weighted by atomic mass is 16.3. The highest BCUT2D eigenvalue weighted by Gasteiger charge is 2.25. The molecule has 2 atom stereocenters. The molecule has 1 amide bonds. The topological polar surface area (TPSA) is 40.5 Å². The van der Waals surface area contributed by atoms with E-state index >= 15 is 0 Å². The van der Waals surface area contributed by atoms with Crippen LogP contribution in [-0.2, 0) is 4.79 Å². The average molecular weight is 269 g/mol. The lowest BCUT2D eigenvalue weighted by atomic mass is 9.93. The molecule has 112 valence electrons. The minimum absolute atomic E-state index is 0.277. The van der Waals surface area contributed by atoms with Gasteiger partial charge in [0.25, 0.3) is 0 Å². The third-order valence-corrected chi connectivity index (χ3v) is 4.16. The average Bonchev–Trinajstić information content (AvgIpc) is 2.37. The molecule has 1 saturated heterocycles. The van der Waals surface area contributed by atoms with Gasteiger partial charge in [-0.3, -0.25) is 4.79 Å². The Morgan fingerprint density at radius 1 is 1.26 bits per heavy atom. The lowest BCUT2D eigenvalue weighted by Crippen LogP contribution is -2.42. The molecule has 1 rings (SSSR count). The zero-order valence-corrected chi connectivity index (χ0v) is 12.9. The molecule has 0 aliphatic carbocycles. The van der Waals surface area contributed by atoms with E-state index in [1.807, 2.05) is 11.8 Å². The van der Waals surface area contributed by atoms with E-state index in [0.717, 1.165) is 44.7 Å². The normalized spacial score (nSPS) is 21.7. The Labute approximate surface area is 118 Å². The lowest BCUT2D eigenvalue weighted by Gasteiger charge is -2.34. The van der Waals surface area contributed by atoms with Crippen LogP contribution in [0.3, 0.4) is 0 Å². The van der Waals surface area contributed by atoms with Crippen LogP contribution in [0.15, 0.2) is 0 Å². The fourth-order valence-corrected chi connectivity index (χ4v) is 2.79. The maximum atomic E-state index is 12.1. The quantitative estimate of drug-likeness (QED) is 0.721. The number of hydrogen-bond donors (Lipinski definition) is 1. The van der Waals surface area contributed by atoms with Crippen LogP contribution >= 0.6 is 0 Å². The van der Waals surface area contributed by atoms with Crippen molar-refractivity contribution >= 4 is 5.91 Å². The zero-order chi connectivity index (χ0) is 14.3. The van der Waals surface area contributed by atoms with Crippen LogP contribution in [-0.4, -0.2) is 35.1 Å². The highest BCUT2D eigenvalue weighted by molar-refractivity contribution is 5.76. The van der Waals surface area contributed by atoms with Crippen molar-refractivity contribution < 1.29 is 9.90 Å². The molecule has 1 aliphatic heterocycles. The summed E-state index contributed by atoms with van der Waals surface area (Å²) in [5.41, 5.74) is 0. The van der Waals surface area contributed by atoms with E-state index < -0.39 is 0 Å². The van der Waals surface area contributed by atoms with Crippen molar-refractivity contribution in [3.63, 3.8) is 0 Å². The zero-order valence-electron chi connectivity index (χ0n) is 12.9. The predicted octanol–water partition coefficient (Wildman–Crippen LogP) is 3.21. The number of amides is 1. The summed E-state index contributed by atoms with van der Waals surface area (Å²) in [6.45, 7) is 7.96. The van der Waals surface area contributed by atoms with Gasteiger partial charge in [0.1, 0.15) is 0 Å². The summed E-state index contributed by atoms with van der Waals surface area (Å²) >= 11 is 0. The van der Waals surface area contributed by atoms with E-state index in [0.29, 0.717) is 6.42 Å². The molecule has 0 aromatic carbocycles.